The molecule has 130 valence electrons. The number of rotatable bonds is 6. The van der Waals surface area contributed by atoms with E-state index in [4.69, 9.17) is 4.74 Å². The molecule has 1 aromatic heterocycles. The van der Waals surface area contributed by atoms with Crippen LogP contribution in [0.1, 0.15) is 38.8 Å². The van der Waals surface area contributed by atoms with E-state index in [0.717, 1.165) is 25.1 Å². The number of aromatic nitrogens is 1. The van der Waals surface area contributed by atoms with Gasteiger partial charge >= 0.3 is 0 Å². The first-order valence-electron chi connectivity index (χ1n) is 8.12. The second-order valence-corrected chi connectivity index (χ2v) is 6.23. The minimum Gasteiger partial charge on any atom is -0.369 e. The molecular weight excluding hydrogens is 314 g/mol. The molecule has 0 aromatic carbocycles. The fourth-order valence-electron chi connectivity index (χ4n) is 2.62. The highest BCUT2D eigenvalue weighted by molar-refractivity contribution is 5.85. The van der Waals surface area contributed by atoms with Crippen LogP contribution in [0.15, 0.2) is 24.5 Å². The molecule has 1 fully saturated rings. The molecule has 2 atom stereocenters. The van der Waals surface area contributed by atoms with Crippen molar-refractivity contribution in [2.75, 3.05) is 26.2 Å². The summed E-state index contributed by atoms with van der Waals surface area (Å²) in [6, 6.07) is 3.97. The lowest BCUT2D eigenvalue weighted by molar-refractivity contribution is -0.146. The summed E-state index contributed by atoms with van der Waals surface area (Å²) in [7, 11) is 0. The Morgan fingerprint density at radius 3 is 2.91 bits per heavy atom. The van der Waals surface area contributed by atoms with Gasteiger partial charge in [0.15, 0.2) is 0 Å². The lowest BCUT2D eigenvalue weighted by Gasteiger charge is -2.37. The Hall–Kier alpha value is -1.17. The molecule has 0 aliphatic carbocycles. The number of nitrogens with one attached hydrogen (secondary N) is 1. The summed E-state index contributed by atoms with van der Waals surface area (Å²) in [6.07, 6.45) is 4.17. The summed E-state index contributed by atoms with van der Waals surface area (Å²) in [4.78, 5) is 18.8. The molecular formula is C17H28ClN3O2. The Morgan fingerprint density at radius 2 is 2.26 bits per heavy atom. The van der Waals surface area contributed by atoms with Crippen molar-refractivity contribution in [3.05, 3.63) is 30.1 Å². The number of hydrogen-bond acceptors (Lipinski definition) is 4. The SMILES string of the molecule is CC(C)CCOC(C)C(=O)N1CCNCC1c1cccnc1.Cl. The third kappa shape index (κ3) is 5.75. The molecule has 5 nitrogen and oxygen atoms in total. The van der Waals surface area contributed by atoms with E-state index in [9.17, 15) is 4.79 Å². The molecule has 6 heteroatoms. The molecule has 2 unspecified atom stereocenters. The zero-order valence-electron chi connectivity index (χ0n) is 14.2. The van der Waals surface area contributed by atoms with Crippen LogP contribution in [0.4, 0.5) is 0 Å². The molecule has 0 saturated carbocycles. The van der Waals surface area contributed by atoms with Gasteiger partial charge in [-0.25, -0.2) is 0 Å². The topological polar surface area (TPSA) is 54.5 Å². The minimum absolute atomic E-state index is 0. The van der Waals surface area contributed by atoms with Crippen molar-refractivity contribution in [2.45, 2.75) is 39.3 Å². The fraction of sp³-hybridized carbons (Fsp3) is 0.647. The average Bonchev–Trinajstić information content (AvgIpc) is 2.54. The van der Waals surface area contributed by atoms with Gasteiger partial charge < -0.3 is 15.0 Å². The van der Waals surface area contributed by atoms with E-state index in [1.165, 1.54) is 0 Å². The van der Waals surface area contributed by atoms with E-state index in [0.29, 0.717) is 19.1 Å². The molecule has 1 N–H and O–H groups in total. The maximum atomic E-state index is 12.7. The summed E-state index contributed by atoms with van der Waals surface area (Å²) >= 11 is 0. The summed E-state index contributed by atoms with van der Waals surface area (Å²) in [5, 5.41) is 3.35. The molecule has 1 aromatic rings. The minimum atomic E-state index is -0.393. The highest BCUT2D eigenvalue weighted by atomic mass is 35.5. The third-order valence-corrected chi connectivity index (χ3v) is 4.01. The maximum Gasteiger partial charge on any atom is 0.252 e. The number of carbonyl (C=O) groups excluding carboxylic acids is 1. The van der Waals surface area contributed by atoms with E-state index in [1.54, 1.807) is 6.20 Å². The molecule has 23 heavy (non-hydrogen) atoms. The second-order valence-electron chi connectivity index (χ2n) is 6.23. The van der Waals surface area contributed by atoms with Crippen LogP contribution in [0.25, 0.3) is 0 Å². The Bertz CT molecular complexity index is 470. The quantitative estimate of drug-likeness (QED) is 0.863. The molecule has 0 spiro atoms. The summed E-state index contributed by atoms with van der Waals surface area (Å²) in [5.74, 6) is 0.656. The standard InChI is InChI=1S/C17H27N3O2.ClH/c1-13(2)6-10-22-14(3)17(21)20-9-8-19-12-16(20)15-5-4-7-18-11-15;/h4-5,7,11,13-14,16,19H,6,8-10,12H2,1-3H3;1H. The molecule has 1 amide bonds. The van der Waals surface area contributed by atoms with E-state index in [2.05, 4.69) is 24.1 Å². The van der Waals surface area contributed by atoms with Gasteiger partial charge in [-0.15, -0.1) is 12.4 Å². The lowest BCUT2D eigenvalue weighted by Crippen LogP contribution is -2.51. The van der Waals surface area contributed by atoms with Crippen molar-refractivity contribution >= 4 is 18.3 Å². The number of piperazine rings is 1. The van der Waals surface area contributed by atoms with Gasteiger partial charge in [0.05, 0.1) is 6.04 Å². The van der Waals surface area contributed by atoms with Crippen LogP contribution in [0.5, 0.6) is 0 Å². The highest BCUT2D eigenvalue weighted by Gasteiger charge is 2.31. The van der Waals surface area contributed by atoms with Gasteiger partial charge in [0.25, 0.3) is 5.91 Å². The normalized spacial score (nSPS) is 19.3. The predicted octanol–water partition coefficient (Wildman–Crippen LogP) is 2.43. The predicted molar refractivity (Wildman–Crippen MR) is 93.7 cm³/mol. The number of halogens is 1. The van der Waals surface area contributed by atoms with E-state index >= 15 is 0 Å². The van der Waals surface area contributed by atoms with Crippen LogP contribution in [-0.4, -0.2) is 48.1 Å². The first kappa shape index (κ1) is 19.9. The fourth-order valence-corrected chi connectivity index (χ4v) is 2.62. The van der Waals surface area contributed by atoms with Gasteiger partial charge in [-0.05, 0) is 30.9 Å². The van der Waals surface area contributed by atoms with E-state index in [1.807, 2.05) is 30.2 Å². The summed E-state index contributed by atoms with van der Waals surface area (Å²) in [5.41, 5.74) is 1.07. The number of nitrogens with zero attached hydrogens (tertiary/aromatic N) is 2. The Labute approximate surface area is 145 Å². The van der Waals surface area contributed by atoms with Crippen molar-refractivity contribution in [1.82, 2.24) is 15.2 Å². The zero-order chi connectivity index (χ0) is 15.9. The molecule has 1 aliphatic heterocycles. The molecule has 2 rings (SSSR count). The number of ether oxygens (including phenoxy) is 1. The average molecular weight is 342 g/mol. The van der Waals surface area contributed by atoms with Gasteiger partial charge in [-0.3, -0.25) is 9.78 Å². The highest BCUT2D eigenvalue weighted by Crippen LogP contribution is 2.22. The first-order valence-corrected chi connectivity index (χ1v) is 8.12. The number of carbonyl (C=O) groups is 1. The molecule has 0 bridgehead atoms. The van der Waals surface area contributed by atoms with E-state index < -0.39 is 6.10 Å². The van der Waals surface area contributed by atoms with E-state index in [-0.39, 0.29) is 24.4 Å². The van der Waals surface area contributed by atoms with Crippen molar-refractivity contribution in [3.8, 4) is 0 Å². The summed E-state index contributed by atoms with van der Waals surface area (Å²) in [6.45, 7) is 9.09. The molecule has 0 radical (unpaired) electrons. The third-order valence-electron chi connectivity index (χ3n) is 4.01. The van der Waals surface area contributed by atoms with Gasteiger partial charge in [0.2, 0.25) is 0 Å². The monoisotopic (exact) mass is 341 g/mol. The van der Waals surface area contributed by atoms with Gasteiger partial charge in [0, 0.05) is 38.6 Å². The smallest absolute Gasteiger partial charge is 0.252 e. The largest absolute Gasteiger partial charge is 0.369 e. The maximum absolute atomic E-state index is 12.7. The van der Waals surface area contributed by atoms with Gasteiger partial charge in [-0.2, -0.15) is 0 Å². The molecule has 2 heterocycles. The van der Waals surface area contributed by atoms with Gasteiger partial charge in [-0.1, -0.05) is 19.9 Å². The molecule has 1 saturated heterocycles. The second kappa shape index (κ2) is 9.85. The number of amides is 1. The van der Waals surface area contributed by atoms with Crippen molar-refractivity contribution in [2.24, 2.45) is 5.92 Å². The Kier molecular flexibility index (Phi) is 8.52. The number of pyridine rings is 1. The van der Waals surface area contributed by atoms with Crippen LogP contribution in [-0.2, 0) is 9.53 Å². The Balaban J connectivity index is 0.00000264. The van der Waals surface area contributed by atoms with Crippen LogP contribution in [0.3, 0.4) is 0 Å². The zero-order valence-corrected chi connectivity index (χ0v) is 15.0. The van der Waals surface area contributed by atoms with Crippen LogP contribution >= 0.6 is 12.4 Å². The van der Waals surface area contributed by atoms with Crippen LogP contribution in [0, 0.1) is 5.92 Å². The van der Waals surface area contributed by atoms with Crippen LogP contribution in [0.2, 0.25) is 0 Å². The summed E-state index contributed by atoms with van der Waals surface area (Å²) < 4.78 is 5.72. The first-order chi connectivity index (χ1) is 10.6. The van der Waals surface area contributed by atoms with Crippen LogP contribution < -0.4 is 5.32 Å². The molecule has 1 aliphatic rings. The lowest BCUT2D eigenvalue weighted by atomic mass is 10.0. The Morgan fingerprint density at radius 1 is 1.48 bits per heavy atom. The number of hydrogen-bond donors (Lipinski definition) is 1. The van der Waals surface area contributed by atoms with Gasteiger partial charge in [0.1, 0.15) is 6.10 Å². The van der Waals surface area contributed by atoms with Crippen molar-refractivity contribution in [1.29, 1.82) is 0 Å². The van der Waals surface area contributed by atoms with Crippen molar-refractivity contribution < 1.29 is 9.53 Å². The van der Waals surface area contributed by atoms with Crippen molar-refractivity contribution in [3.63, 3.8) is 0 Å².